The quantitative estimate of drug-likeness (QED) is 0.696. The Labute approximate surface area is 121 Å². The van der Waals surface area contributed by atoms with E-state index in [9.17, 15) is 18.4 Å². The van der Waals surface area contributed by atoms with E-state index in [1.165, 1.54) is 12.3 Å². The standard InChI is InChI=1S/C12H7ClF2N2O2S/c1-5(18)10-4-20-12(16-10)17-11(19)6-2-9(15)7(13)3-8(6)14/h2-4H,1H3,(H,16,17,19). The molecule has 20 heavy (non-hydrogen) atoms. The fourth-order valence-corrected chi connectivity index (χ4v) is 2.25. The van der Waals surface area contributed by atoms with Crippen molar-refractivity contribution >= 4 is 39.8 Å². The van der Waals surface area contributed by atoms with Crippen molar-refractivity contribution in [2.45, 2.75) is 6.92 Å². The van der Waals surface area contributed by atoms with Gasteiger partial charge in [0.25, 0.3) is 5.91 Å². The zero-order chi connectivity index (χ0) is 14.9. The largest absolute Gasteiger partial charge is 0.298 e. The van der Waals surface area contributed by atoms with Gasteiger partial charge in [0, 0.05) is 12.3 Å². The third-order valence-corrected chi connectivity index (χ3v) is 3.39. The molecule has 1 aromatic heterocycles. The van der Waals surface area contributed by atoms with E-state index in [4.69, 9.17) is 11.6 Å². The van der Waals surface area contributed by atoms with Crippen LogP contribution in [0.5, 0.6) is 0 Å². The van der Waals surface area contributed by atoms with E-state index in [2.05, 4.69) is 10.3 Å². The van der Waals surface area contributed by atoms with Gasteiger partial charge in [0.1, 0.15) is 17.3 Å². The van der Waals surface area contributed by atoms with E-state index >= 15 is 0 Å². The van der Waals surface area contributed by atoms with Crippen LogP contribution in [0.25, 0.3) is 0 Å². The Balaban J connectivity index is 2.23. The molecule has 2 rings (SSSR count). The third kappa shape index (κ3) is 3.00. The second kappa shape index (κ2) is 5.64. The zero-order valence-corrected chi connectivity index (χ0v) is 11.6. The number of Topliss-reactive ketones (excluding diaryl/α,β-unsaturated/α-hetero) is 1. The summed E-state index contributed by atoms with van der Waals surface area (Å²) >= 11 is 6.40. The molecule has 0 aliphatic carbocycles. The van der Waals surface area contributed by atoms with E-state index in [0.717, 1.165) is 11.3 Å². The van der Waals surface area contributed by atoms with E-state index < -0.39 is 28.1 Å². The molecule has 0 unspecified atom stereocenters. The molecular weight excluding hydrogens is 310 g/mol. The molecule has 1 heterocycles. The van der Waals surface area contributed by atoms with Crippen molar-refractivity contribution in [3.63, 3.8) is 0 Å². The maximum absolute atomic E-state index is 13.5. The number of thiazole rings is 1. The minimum absolute atomic E-state index is 0.120. The van der Waals surface area contributed by atoms with Gasteiger partial charge < -0.3 is 0 Å². The topological polar surface area (TPSA) is 59.1 Å². The van der Waals surface area contributed by atoms with E-state index in [1.807, 2.05) is 0 Å². The molecule has 0 saturated carbocycles. The Morgan fingerprint density at radius 3 is 2.60 bits per heavy atom. The number of aromatic nitrogens is 1. The first-order valence-corrected chi connectivity index (χ1v) is 6.56. The number of nitrogens with one attached hydrogen (secondary N) is 1. The first kappa shape index (κ1) is 14.5. The molecule has 0 aliphatic rings. The van der Waals surface area contributed by atoms with Crippen molar-refractivity contribution in [1.82, 2.24) is 4.98 Å². The van der Waals surface area contributed by atoms with Crippen molar-refractivity contribution in [2.24, 2.45) is 0 Å². The van der Waals surface area contributed by atoms with Crippen molar-refractivity contribution in [2.75, 3.05) is 5.32 Å². The van der Waals surface area contributed by atoms with Gasteiger partial charge >= 0.3 is 0 Å². The fourth-order valence-electron chi connectivity index (χ4n) is 1.35. The van der Waals surface area contributed by atoms with Crippen molar-refractivity contribution in [1.29, 1.82) is 0 Å². The first-order valence-electron chi connectivity index (χ1n) is 5.31. The molecule has 1 N–H and O–H groups in total. The number of benzene rings is 1. The second-order valence-corrected chi connectivity index (χ2v) is 5.06. The maximum atomic E-state index is 13.5. The molecule has 0 atom stereocenters. The number of carbonyl (C=O) groups is 2. The number of amides is 1. The summed E-state index contributed by atoms with van der Waals surface area (Å²) < 4.78 is 26.8. The highest BCUT2D eigenvalue weighted by Gasteiger charge is 2.17. The van der Waals surface area contributed by atoms with Crippen molar-refractivity contribution in [3.05, 3.63) is 45.4 Å². The average Bonchev–Trinajstić information content (AvgIpc) is 2.82. The SMILES string of the molecule is CC(=O)c1csc(NC(=O)c2cc(F)c(Cl)cc2F)n1. The summed E-state index contributed by atoms with van der Waals surface area (Å²) in [5.41, 5.74) is -0.306. The molecule has 1 amide bonds. The highest BCUT2D eigenvalue weighted by atomic mass is 35.5. The molecule has 0 aliphatic heterocycles. The molecule has 0 fully saturated rings. The summed E-state index contributed by atoms with van der Waals surface area (Å²) in [5.74, 6) is -2.98. The van der Waals surface area contributed by atoms with Gasteiger partial charge in [-0.1, -0.05) is 11.6 Å². The number of hydrogen-bond donors (Lipinski definition) is 1. The zero-order valence-electron chi connectivity index (χ0n) is 10.0. The van der Waals surface area contributed by atoms with Crippen LogP contribution in [0, 0.1) is 11.6 Å². The van der Waals surface area contributed by atoms with Gasteiger partial charge in [-0.2, -0.15) is 0 Å². The lowest BCUT2D eigenvalue weighted by molar-refractivity contribution is 0.100. The number of nitrogens with zero attached hydrogens (tertiary/aromatic N) is 1. The molecule has 0 bridgehead atoms. The third-order valence-electron chi connectivity index (χ3n) is 2.34. The van der Waals surface area contributed by atoms with E-state index in [1.54, 1.807) is 0 Å². The van der Waals surface area contributed by atoms with Crippen LogP contribution >= 0.6 is 22.9 Å². The summed E-state index contributed by atoms with van der Waals surface area (Å²) in [6.45, 7) is 1.33. The Hall–Kier alpha value is -1.86. The van der Waals surface area contributed by atoms with Crippen LogP contribution in [-0.4, -0.2) is 16.7 Å². The lowest BCUT2D eigenvalue weighted by Crippen LogP contribution is -2.14. The summed E-state index contributed by atoms with van der Waals surface area (Å²) in [4.78, 5) is 26.7. The van der Waals surface area contributed by atoms with Gasteiger partial charge in [-0.15, -0.1) is 11.3 Å². The van der Waals surface area contributed by atoms with Gasteiger partial charge in [0.15, 0.2) is 10.9 Å². The Kier molecular flexibility index (Phi) is 4.10. The Morgan fingerprint density at radius 1 is 1.30 bits per heavy atom. The molecule has 1 aromatic carbocycles. The molecule has 104 valence electrons. The van der Waals surface area contributed by atoms with Gasteiger partial charge in [-0.3, -0.25) is 14.9 Å². The molecule has 0 saturated heterocycles. The highest BCUT2D eigenvalue weighted by Crippen LogP contribution is 2.21. The van der Waals surface area contributed by atoms with Crippen LogP contribution in [-0.2, 0) is 0 Å². The number of hydrogen-bond acceptors (Lipinski definition) is 4. The maximum Gasteiger partial charge on any atom is 0.260 e. The minimum Gasteiger partial charge on any atom is -0.298 e. The van der Waals surface area contributed by atoms with Crippen LogP contribution in [0.3, 0.4) is 0 Å². The number of carbonyl (C=O) groups excluding carboxylic acids is 2. The number of halogens is 3. The van der Waals surface area contributed by atoms with Gasteiger partial charge in [-0.25, -0.2) is 13.8 Å². The highest BCUT2D eigenvalue weighted by molar-refractivity contribution is 7.14. The molecular formula is C12H7ClF2N2O2S. The molecule has 0 radical (unpaired) electrons. The smallest absolute Gasteiger partial charge is 0.260 e. The minimum atomic E-state index is -0.947. The lowest BCUT2D eigenvalue weighted by atomic mass is 10.2. The summed E-state index contributed by atoms with van der Waals surface area (Å²) in [7, 11) is 0. The Morgan fingerprint density at radius 2 is 2.00 bits per heavy atom. The van der Waals surface area contributed by atoms with Crippen LogP contribution in [0.1, 0.15) is 27.8 Å². The van der Waals surface area contributed by atoms with Gasteiger partial charge in [0.2, 0.25) is 0 Å². The molecule has 2 aromatic rings. The monoisotopic (exact) mass is 316 g/mol. The summed E-state index contributed by atoms with van der Waals surface area (Å²) in [5, 5.41) is 3.45. The van der Waals surface area contributed by atoms with Crippen LogP contribution in [0.4, 0.5) is 13.9 Å². The normalized spacial score (nSPS) is 10.4. The van der Waals surface area contributed by atoms with Gasteiger partial charge in [0.05, 0.1) is 10.6 Å². The second-order valence-electron chi connectivity index (χ2n) is 3.79. The number of anilines is 1. The van der Waals surface area contributed by atoms with Crippen molar-refractivity contribution in [3.8, 4) is 0 Å². The summed E-state index contributed by atoms with van der Waals surface area (Å²) in [6, 6.07) is 1.42. The fraction of sp³-hybridized carbons (Fsp3) is 0.0833. The first-order chi connectivity index (χ1) is 9.38. The lowest BCUT2D eigenvalue weighted by Gasteiger charge is -2.04. The van der Waals surface area contributed by atoms with Gasteiger partial charge in [-0.05, 0) is 12.1 Å². The van der Waals surface area contributed by atoms with Crippen LogP contribution < -0.4 is 5.32 Å². The number of rotatable bonds is 3. The number of ketones is 1. The summed E-state index contributed by atoms with van der Waals surface area (Å²) in [6.07, 6.45) is 0. The predicted molar refractivity (Wildman–Crippen MR) is 71.4 cm³/mol. The van der Waals surface area contributed by atoms with E-state index in [0.29, 0.717) is 12.1 Å². The molecule has 0 spiro atoms. The average molecular weight is 317 g/mol. The van der Waals surface area contributed by atoms with Crippen LogP contribution in [0.15, 0.2) is 17.5 Å². The molecule has 8 heteroatoms. The van der Waals surface area contributed by atoms with E-state index in [-0.39, 0.29) is 16.6 Å². The van der Waals surface area contributed by atoms with Crippen LogP contribution in [0.2, 0.25) is 5.02 Å². The van der Waals surface area contributed by atoms with Crippen molar-refractivity contribution < 1.29 is 18.4 Å². The predicted octanol–water partition coefficient (Wildman–Crippen LogP) is 3.53. The Bertz CT molecular complexity index is 703. The molecule has 4 nitrogen and oxygen atoms in total.